The summed E-state index contributed by atoms with van der Waals surface area (Å²) in [6.07, 6.45) is 1.11. The molecule has 1 heterocycles. The molecule has 0 saturated carbocycles. The van der Waals surface area contributed by atoms with E-state index in [1.807, 2.05) is 60.5 Å². The molecule has 0 spiro atoms. The molecule has 24 heavy (non-hydrogen) atoms. The van der Waals surface area contributed by atoms with Crippen molar-refractivity contribution in [3.05, 3.63) is 59.7 Å². The average Bonchev–Trinajstić information content (AvgIpc) is 2.61. The molecule has 3 rings (SSSR count). The van der Waals surface area contributed by atoms with Crippen molar-refractivity contribution in [3.63, 3.8) is 0 Å². The fourth-order valence-corrected chi connectivity index (χ4v) is 2.72. The van der Waals surface area contributed by atoms with E-state index in [0.717, 1.165) is 28.5 Å². The lowest BCUT2D eigenvalue weighted by Gasteiger charge is -2.21. The van der Waals surface area contributed by atoms with Crippen LogP contribution >= 0.6 is 0 Å². The van der Waals surface area contributed by atoms with Crippen LogP contribution in [0.2, 0.25) is 0 Å². The Bertz CT molecular complexity index is 933. The van der Waals surface area contributed by atoms with Crippen molar-refractivity contribution in [2.24, 2.45) is 0 Å². The van der Waals surface area contributed by atoms with Gasteiger partial charge in [-0.1, -0.05) is 24.3 Å². The van der Waals surface area contributed by atoms with Gasteiger partial charge >= 0.3 is 0 Å². The average molecular weight is 321 g/mol. The van der Waals surface area contributed by atoms with Crippen molar-refractivity contribution >= 4 is 28.7 Å². The maximum absolute atomic E-state index is 8.13. The van der Waals surface area contributed by atoms with Gasteiger partial charge in [0, 0.05) is 25.2 Å². The Hall–Kier alpha value is -2.99. The van der Waals surface area contributed by atoms with E-state index in [-0.39, 0.29) is 5.62 Å². The summed E-state index contributed by atoms with van der Waals surface area (Å²) in [5, 5.41) is 16.6. The van der Waals surface area contributed by atoms with Crippen LogP contribution in [-0.2, 0) is 11.3 Å². The van der Waals surface area contributed by atoms with Gasteiger partial charge in [0.2, 0.25) is 5.62 Å². The minimum absolute atomic E-state index is 0.0229. The zero-order valence-corrected chi connectivity index (χ0v) is 13.7. The molecule has 6 heteroatoms. The number of benzene rings is 2. The SMILES string of the molecule is COCc1ccc2c(c1)c(N(C)c1ccccc1)nc(=N)n2C=N. The second-order valence-electron chi connectivity index (χ2n) is 5.44. The zero-order valence-electron chi connectivity index (χ0n) is 13.7. The molecule has 1 aromatic heterocycles. The molecule has 0 atom stereocenters. The third-order valence-electron chi connectivity index (χ3n) is 3.90. The van der Waals surface area contributed by atoms with E-state index in [2.05, 4.69) is 4.98 Å². The van der Waals surface area contributed by atoms with Crippen molar-refractivity contribution in [2.75, 3.05) is 19.1 Å². The Morgan fingerprint density at radius 3 is 2.62 bits per heavy atom. The fraction of sp³-hybridized carbons (Fsp3) is 0.167. The summed E-state index contributed by atoms with van der Waals surface area (Å²) < 4.78 is 6.67. The number of hydrogen-bond donors (Lipinski definition) is 2. The first-order valence-corrected chi connectivity index (χ1v) is 7.53. The van der Waals surface area contributed by atoms with E-state index in [4.69, 9.17) is 15.6 Å². The summed E-state index contributed by atoms with van der Waals surface area (Å²) in [5.41, 5.74) is 2.79. The van der Waals surface area contributed by atoms with Crippen LogP contribution in [0.1, 0.15) is 5.56 Å². The van der Waals surface area contributed by atoms with Gasteiger partial charge in [-0.05, 0) is 29.8 Å². The second kappa shape index (κ2) is 6.64. The van der Waals surface area contributed by atoms with E-state index >= 15 is 0 Å². The van der Waals surface area contributed by atoms with E-state index in [1.54, 1.807) is 7.11 Å². The number of fused-ring (bicyclic) bond motifs is 1. The first-order valence-electron chi connectivity index (χ1n) is 7.53. The first-order chi connectivity index (χ1) is 11.7. The number of aromatic nitrogens is 2. The molecule has 0 fully saturated rings. The smallest absolute Gasteiger partial charge is 0.229 e. The highest BCUT2D eigenvalue weighted by Crippen LogP contribution is 2.28. The standard InChI is InChI=1S/C18H19N5O/c1-22(14-6-4-3-5-7-14)17-15-10-13(11-24-2)8-9-16(15)23(12-19)18(20)21-17/h3-10,12,19-20H,11H2,1-2H3. The number of nitrogens with one attached hydrogen (secondary N) is 2. The molecule has 0 amide bonds. The van der Waals surface area contributed by atoms with Crippen LogP contribution in [0.15, 0.2) is 48.5 Å². The molecule has 122 valence electrons. The Balaban J connectivity index is 2.28. The minimum Gasteiger partial charge on any atom is -0.380 e. The number of methoxy groups -OCH3 is 1. The van der Waals surface area contributed by atoms with Crippen LogP contribution in [-0.4, -0.2) is 30.0 Å². The molecule has 0 aliphatic rings. The molecule has 2 N–H and O–H groups in total. The van der Waals surface area contributed by atoms with E-state index < -0.39 is 0 Å². The maximum atomic E-state index is 8.13. The third-order valence-corrected chi connectivity index (χ3v) is 3.90. The molecule has 0 saturated heterocycles. The van der Waals surface area contributed by atoms with Gasteiger partial charge < -0.3 is 9.64 Å². The molecule has 2 aromatic carbocycles. The number of ether oxygens (including phenoxy) is 1. The summed E-state index contributed by atoms with van der Waals surface area (Å²) in [5.74, 6) is 0.678. The van der Waals surface area contributed by atoms with Gasteiger partial charge in [-0.2, -0.15) is 4.98 Å². The van der Waals surface area contributed by atoms with E-state index in [1.165, 1.54) is 4.57 Å². The quantitative estimate of drug-likeness (QED) is 0.560. The lowest BCUT2D eigenvalue weighted by atomic mass is 10.1. The Kier molecular flexibility index (Phi) is 4.39. The van der Waals surface area contributed by atoms with Crippen molar-refractivity contribution in [2.45, 2.75) is 6.61 Å². The van der Waals surface area contributed by atoms with Crippen LogP contribution in [0.25, 0.3) is 10.9 Å². The normalized spacial score (nSPS) is 10.8. The van der Waals surface area contributed by atoms with E-state index in [9.17, 15) is 0 Å². The first kappa shape index (κ1) is 15.9. The topological polar surface area (TPSA) is 78.0 Å². The minimum atomic E-state index is 0.0229. The summed E-state index contributed by atoms with van der Waals surface area (Å²) in [6, 6.07) is 15.7. The van der Waals surface area contributed by atoms with Gasteiger partial charge in [-0.15, -0.1) is 0 Å². The number of para-hydroxylation sites is 1. The summed E-state index contributed by atoms with van der Waals surface area (Å²) in [4.78, 5) is 6.36. The van der Waals surface area contributed by atoms with Gasteiger partial charge in [-0.3, -0.25) is 15.4 Å². The molecule has 0 bridgehead atoms. The molecular formula is C18H19N5O. The van der Waals surface area contributed by atoms with Gasteiger partial charge in [0.05, 0.1) is 18.5 Å². The summed E-state index contributed by atoms with van der Waals surface area (Å²) in [7, 11) is 3.58. The Labute approximate surface area is 140 Å². The lowest BCUT2D eigenvalue weighted by Crippen LogP contribution is -2.26. The van der Waals surface area contributed by atoms with Crippen LogP contribution in [0.5, 0.6) is 0 Å². The molecule has 0 radical (unpaired) electrons. The monoisotopic (exact) mass is 321 g/mol. The number of hydrogen-bond acceptors (Lipinski definition) is 5. The molecule has 0 unspecified atom stereocenters. The van der Waals surface area contributed by atoms with E-state index in [0.29, 0.717) is 12.4 Å². The molecule has 0 aliphatic carbocycles. The zero-order chi connectivity index (χ0) is 17.1. The van der Waals surface area contributed by atoms with Crippen LogP contribution in [0, 0.1) is 10.8 Å². The van der Waals surface area contributed by atoms with Crippen LogP contribution < -0.4 is 10.5 Å². The van der Waals surface area contributed by atoms with Gasteiger partial charge in [0.25, 0.3) is 0 Å². The molecular weight excluding hydrogens is 302 g/mol. The van der Waals surface area contributed by atoms with Gasteiger partial charge in [-0.25, -0.2) is 0 Å². The fourth-order valence-electron chi connectivity index (χ4n) is 2.72. The number of anilines is 2. The molecule has 3 aromatic rings. The predicted octanol–water partition coefficient (Wildman–Crippen LogP) is 2.89. The second-order valence-corrected chi connectivity index (χ2v) is 5.44. The Morgan fingerprint density at radius 1 is 1.21 bits per heavy atom. The number of nitrogens with zero attached hydrogens (tertiary/aromatic N) is 3. The summed E-state index contributed by atoms with van der Waals surface area (Å²) >= 11 is 0. The third kappa shape index (κ3) is 2.79. The summed E-state index contributed by atoms with van der Waals surface area (Å²) in [6.45, 7) is 0.498. The van der Waals surface area contributed by atoms with Gasteiger partial charge in [0.1, 0.15) is 5.82 Å². The Morgan fingerprint density at radius 2 is 1.96 bits per heavy atom. The van der Waals surface area contributed by atoms with Crippen molar-refractivity contribution < 1.29 is 4.74 Å². The lowest BCUT2D eigenvalue weighted by molar-refractivity contribution is 0.185. The van der Waals surface area contributed by atoms with Crippen LogP contribution in [0.4, 0.5) is 11.5 Å². The maximum Gasteiger partial charge on any atom is 0.229 e. The van der Waals surface area contributed by atoms with Crippen molar-refractivity contribution in [1.82, 2.24) is 9.55 Å². The largest absolute Gasteiger partial charge is 0.380 e. The van der Waals surface area contributed by atoms with Gasteiger partial charge in [0.15, 0.2) is 0 Å². The molecule has 0 aliphatic heterocycles. The van der Waals surface area contributed by atoms with Crippen LogP contribution in [0.3, 0.4) is 0 Å². The highest BCUT2D eigenvalue weighted by atomic mass is 16.5. The highest BCUT2D eigenvalue weighted by Gasteiger charge is 2.13. The molecule has 6 nitrogen and oxygen atoms in total. The predicted molar refractivity (Wildman–Crippen MR) is 95.0 cm³/mol. The highest BCUT2D eigenvalue weighted by molar-refractivity contribution is 5.94. The van der Waals surface area contributed by atoms with Crippen molar-refractivity contribution in [3.8, 4) is 0 Å². The van der Waals surface area contributed by atoms with Crippen molar-refractivity contribution in [1.29, 1.82) is 10.8 Å². The number of rotatable bonds is 5.